The van der Waals surface area contributed by atoms with Gasteiger partial charge in [-0.25, -0.2) is 9.18 Å². The molecule has 0 aliphatic rings. The summed E-state index contributed by atoms with van der Waals surface area (Å²) >= 11 is 0. The number of amides is 1. The maximum atomic E-state index is 12.9. The van der Waals surface area contributed by atoms with Crippen LogP contribution in [0.25, 0.3) is 0 Å². The summed E-state index contributed by atoms with van der Waals surface area (Å²) in [6.45, 7) is -0.114. The Morgan fingerprint density at radius 2 is 1.92 bits per heavy atom. The smallest absolute Gasteiger partial charge is 0.338 e. The molecule has 25 heavy (non-hydrogen) atoms. The van der Waals surface area contributed by atoms with Gasteiger partial charge in [-0.15, -0.1) is 6.42 Å². The Morgan fingerprint density at radius 1 is 1.16 bits per heavy atom. The van der Waals surface area contributed by atoms with Gasteiger partial charge in [0.05, 0.1) is 12.1 Å². The maximum absolute atomic E-state index is 12.9. The van der Waals surface area contributed by atoms with E-state index in [4.69, 9.17) is 15.9 Å². The summed E-state index contributed by atoms with van der Waals surface area (Å²) in [7, 11) is 0. The lowest BCUT2D eigenvalue weighted by atomic mass is 10.2. The highest BCUT2D eigenvalue weighted by atomic mass is 19.1. The number of esters is 1. The van der Waals surface area contributed by atoms with Crippen LogP contribution in [0.2, 0.25) is 0 Å². The Bertz CT molecular complexity index is 781. The summed E-state index contributed by atoms with van der Waals surface area (Å²) in [5.41, 5.74) is 1.04. The molecule has 5 nitrogen and oxygen atoms in total. The molecule has 0 saturated heterocycles. The zero-order chi connectivity index (χ0) is 18.1. The van der Waals surface area contributed by atoms with Gasteiger partial charge in [0, 0.05) is 0 Å². The van der Waals surface area contributed by atoms with Crippen molar-refractivity contribution < 1.29 is 23.5 Å². The van der Waals surface area contributed by atoms with Gasteiger partial charge in [-0.05, 0) is 35.9 Å². The summed E-state index contributed by atoms with van der Waals surface area (Å²) in [5, 5.41) is 2.39. The molecule has 1 N–H and O–H groups in total. The van der Waals surface area contributed by atoms with E-state index in [-0.39, 0.29) is 24.5 Å². The van der Waals surface area contributed by atoms with Crippen LogP contribution < -0.4 is 10.1 Å². The van der Waals surface area contributed by atoms with Gasteiger partial charge in [-0.3, -0.25) is 4.79 Å². The van der Waals surface area contributed by atoms with Crippen LogP contribution in [-0.2, 0) is 16.1 Å². The van der Waals surface area contributed by atoms with Gasteiger partial charge in [0.2, 0.25) is 0 Å². The number of hydrogen-bond acceptors (Lipinski definition) is 4. The molecule has 0 atom stereocenters. The van der Waals surface area contributed by atoms with E-state index >= 15 is 0 Å². The molecule has 0 unspecified atom stereocenters. The van der Waals surface area contributed by atoms with E-state index in [2.05, 4.69) is 11.2 Å². The highest BCUT2D eigenvalue weighted by molar-refractivity contribution is 5.91. The van der Waals surface area contributed by atoms with E-state index in [1.165, 1.54) is 18.2 Å². The second-order valence-corrected chi connectivity index (χ2v) is 5.00. The van der Waals surface area contributed by atoms with E-state index in [0.717, 1.165) is 5.56 Å². The molecule has 6 heteroatoms. The Kier molecular flexibility index (Phi) is 6.55. The summed E-state index contributed by atoms with van der Waals surface area (Å²) in [5.74, 6) is 1.25. The van der Waals surface area contributed by atoms with Crippen molar-refractivity contribution in [2.24, 2.45) is 0 Å². The van der Waals surface area contributed by atoms with Gasteiger partial charge in [-0.2, -0.15) is 0 Å². The third kappa shape index (κ3) is 5.99. The molecule has 0 radical (unpaired) electrons. The number of rotatable bonds is 7. The van der Waals surface area contributed by atoms with Gasteiger partial charge in [0.1, 0.15) is 18.2 Å². The summed E-state index contributed by atoms with van der Waals surface area (Å²) in [6, 6.07) is 12.3. The molecule has 0 saturated carbocycles. The first-order valence-corrected chi connectivity index (χ1v) is 7.43. The molecule has 0 fully saturated rings. The van der Waals surface area contributed by atoms with Gasteiger partial charge in [0.25, 0.3) is 5.91 Å². The fourth-order valence-corrected chi connectivity index (χ4v) is 1.88. The van der Waals surface area contributed by atoms with Crippen LogP contribution in [0.15, 0.2) is 48.5 Å². The molecule has 0 spiro atoms. The molecular weight excluding hydrogens is 325 g/mol. The molecule has 0 heterocycles. The lowest BCUT2D eigenvalue weighted by molar-refractivity contribution is -0.123. The highest BCUT2D eigenvalue weighted by Crippen LogP contribution is 2.16. The van der Waals surface area contributed by atoms with Crippen LogP contribution in [0.5, 0.6) is 5.75 Å². The fraction of sp³-hybridized carbons (Fsp3) is 0.158. The quantitative estimate of drug-likeness (QED) is 0.620. The van der Waals surface area contributed by atoms with Crippen LogP contribution in [-0.4, -0.2) is 25.0 Å². The third-order valence-electron chi connectivity index (χ3n) is 3.11. The predicted octanol–water partition coefficient (Wildman–Crippen LogP) is 2.31. The number of hydrogen-bond donors (Lipinski definition) is 1. The summed E-state index contributed by atoms with van der Waals surface area (Å²) < 4.78 is 23.3. The van der Waals surface area contributed by atoms with Crippen molar-refractivity contribution in [3.63, 3.8) is 0 Å². The molecule has 2 aromatic rings. The molecule has 2 aromatic carbocycles. The molecule has 0 aliphatic heterocycles. The van der Waals surface area contributed by atoms with Gasteiger partial charge in [0.15, 0.2) is 6.61 Å². The zero-order valence-corrected chi connectivity index (χ0v) is 13.3. The van der Waals surface area contributed by atoms with E-state index in [0.29, 0.717) is 5.75 Å². The topological polar surface area (TPSA) is 64.6 Å². The van der Waals surface area contributed by atoms with E-state index in [1.807, 2.05) is 0 Å². The van der Waals surface area contributed by atoms with E-state index in [1.54, 1.807) is 30.3 Å². The number of carbonyl (C=O) groups is 2. The molecule has 0 aliphatic carbocycles. The van der Waals surface area contributed by atoms with E-state index in [9.17, 15) is 14.0 Å². The van der Waals surface area contributed by atoms with Crippen molar-refractivity contribution in [2.45, 2.75) is 6.61 Å². The normalized spacial score (nSPS) is 9.76. The number of nitrogens with one attached hydrogen (secondary N) is 1. The molecule has 1 amide bonds. The first-order valence-electron chi connectivity index (χ1n) is 7.43. The van der Waals surface area contributed by atoms with Gasteiger partial charge < -0.3 is 14.8 Å². The Labute approximate surface area is 144 Å². The minimum Gasteiger partial charge on any atom is -0.489 e. The number of benzene rings is 2. The number of terminal acetylenes is 1. The average Bonchev–Trinajstić information content (AvgIpc) is 2.64. The Balaban J connectivity index is 1.89. The molecule has 0 bridgehead atoms. The zero-order valence-electron chi connectivity index (χ0n) is 13.3. The van der Waals surface area contributed by atoms with Crippen LogP contribution in [0.3, 0.4) is 0 Å². The van der Waals surface area contributed by atoms with E-state index < -0.39 is 18.5 Å². The van der Waals surface area contributed by atoms with Crippen LogP contribution in [0.1, 0.15) is 15.9 Å². The number of carbonyl (C=O) groups excluding carboxylic acids is 2. The summed E-state index contributed by atoms with van der Waals surface area (Å²) in [6.07, 6.45) is 5.01. The van der Waals surface area contributed by atoms with Crippen molar-refractivity contribution in [1.82, 2.24) is 5.32 Å². The Hall–Kier alpha value is -3.33. The number of halogens is 1. The van der Waals surface area contributed by atoms with Gasteiger partial charge in [-0.1, -0.05) is 24.1 Å². The average molecular weight is 341 g/mol. The van der Waals surface area contributed by atoms with Crippen LogP contribution in [0, 0.1) is 18.2 Å². The third-order valence-corrected chi connectivity index (χ3v) is 3.11. The van der Waals surface area contributed by atoms with Crippen molar-refractivity contribution in [1.29, 1.82) is 0 Å². The fourth-order valence-electron chi connectivity index (χ4n) is 1.88. The Morgan fingerprint density at radius 3 is 2.64 bits per heavy atom. The highest BCUT2D eigenvalue weighted by Gasteiger charge is 2.11. The van der Waals surface area contributed by atoms with Crippen LogP contribution in [0.4, 0.5) is 4.39 Å². The SMILES string of the molecule is C#CCNC(=O)COC(=O)c1cccc(OCc2ccc(F)cc2)c1. The first-order chi connectivity index (χ1) is 12.1. The number of ether oxygens (including phenoxy) is 2. The summed E-state index contributed by atoms with van der Waals surface area (Å²) in [4.78, 5) is 23.3. The lowest BCUT2D eigenvalue weighted by Gasteiger charge is -2.08. The standard InChI is InChI=1S/C19H16FNO4/c1-2-10-21-18(22)13-25-19(23)15-4-3-5-17(11-15)24-12-14-6-8-16(20)9-7-14/h1,3-9,11H,10,12-13H2,(H,21,22). The monoisotopic (exact) mass is 341 g/mol. The maximum Gasteiger partial charge on any atom is 0.338 e. The lowest BCUT2D eigenvalue weighted by Crippen LogP contribution is -2.28. The largest absolute Gasteiger partial charge is 0.489 e. The van der Waals surface area contributed by atoms with Crippen molar-refractivity contribution in [2.75, 3.05) is 13.2 Å². The molecule has 0 aromatic heterocycles. The minimum absolute atomic E-state index is 0.0725. The second kappa shape index (κ2) is 9.08. The molecular formula is C19H16FNO4. The molecule has 2 rings (SSSR count). The predicted molar refractivity (Wildman–Crippen MR) is 89.3 cm³/mol. The molecule has 128 valence electrons. The second-order valence-electron chi connectivity index (χ2n) is 5.00. The van der Waals surface area contributed by atoms with Gasteiger partial charge >= 0.3 is 5.97 Å². The van der Waals surface area contributed by atoms with Crippen molar-refractivity contribution in [3.8, 4) is 18.1 Å². The minimum atomic E-state index is -0.650. The van der Waals surface area contributed by atoms with Crippen molar-refractivity contribution >= 4 is 11.9 Å². The first kappa shape index (κ1) is 18.0. The van der Waals surface area contributed by atoms with Crippen molar-refractivity contribution in [3.05, 3.63) is 65.5 Å². The van der Waals surface area contributed by atoms with Crippen LogP contribution >= 0.6 is 0 Å².